The quantitative estimate of drug-likeness (QED) is 0.792. The van der Waals surface area contributed by atoms with Crippen LogP contribution in [-0.4, -0.2) is 41.4 Å². The molecule has 8 heteroatoms. The van der Waals surface area contributed by atoms with Crippen molar-refractivity contribution in [1.29, 1.82) is 0 Å². The van der Waals surface area contributed by atoms with Crippen LogP contribution in [0.25, 0.3) is 0 Å². The number of hydrogen-bond donors (Lipinski definition) is 2. The van der Waals surface area contributed by atoms with Crippen molar-refractivity contribution in [3.63, 3.8) is 0 Å². The monoisotopic (exact) mass is 408 g/mol. The van der Waals surface area contributed by atoms with Gasteiger partial charge in [-0.25, -0.2) is 4.39 Å². The Bertz CT molecular complexity index is 830. The minimum atomic E-state index is -0.940. The molecule has 2 aromatic rings. The van der Waals surface area contributed by atoms with Crippen molar-refractivity contribution in [3.8, 4) is 5.75 Å². The molecule has 1 amide bonds. The van der Waals surface area contributed by atoms with Gasteiger partial charge < -0.3 is 19.9 Å². The molecule has 29 heavy (non-hydrogen) atoms. The predicted octanol–water partition coefficient (Wildman–Crippen LogP) is 3.49. The van der Waals surface area contributed by atoms with Gasteiger partial charge in [-0.05, 0) is 51.0 Å². The number of methoxy groups -OCH3 is 1. The third kappa shape index (κ3) is 6.76. The summed E-state index contributed by atoms with van der Waals surface area (Å²) in [5.74, 6) is -2.02. The summed E-state index contributed by atoms with van der Waals surface area (Å²) in [5, 5.41) is 11.7. The van der Waals surface area contributed by atoms with E-state index in [1.807, 2.05) is 13.8 Å². The molecule has 0 bridgehead atoms. The number of aliphatic hydroxyl groups is 1. The summed E-state index contributed by atoms with van der Waals surface area (Å²) in [6.45, 7) is 4.03. The number of halogens is 2. The van der Waals surface area contributed by atoms with Crippen LogP contribution < -0.4 is 10.1 Å². The number of ether oxygens (including phenoxy) is 2. The molecule has 3 rings (SSSR count). The molecule has 1 aromatic heterocycles. The number of aromatic nitrogens is 1. The molecule has 0 spiro atoms. The summed E-state index contributed by atoms with van der Waals surface area (Å²) in [5.41, 5.74) is 1.23. The van der Waals surface area contributed by atoms with Crippen molar-refractivity contribution in [2.24, 2.45) is 0 Å². The van der Waals surface area contributed by atoms with Crippen LogP contribution in [0.1, 0.15) is 32.4 Å². The first-order chi connectivity index (χ1) is 13.8. The van der Waals surface area contributed by atoms with Gasteiger partial charge in [-0.3, -0.25) is 9.78 Å². The predicted molar refractivity (Wildman–Crippen MR) is 105 cm³/mol. The molecule has 1 aliphatic rings. The number of rotatable bonds is 5. The van der Waals surface area contributed by atoms with Gasteiger partial charge in [0, 0.05) is 30.6 Å². The Kier molecular flexibility index (Phi) is 8.04. The second-order valence-electron chi connectivity index (χ2n) is 7.16. The molecular formula is C21H26F2N2O4. The zero-order valence-corrected chi connectivity index (χ0v) is 16.7. The molecule has 1 atom stereocenters. The van der Waals surface area contributed by atoms with E-state index < -0.39 is 11.6 Å². The largest absolute Gasteiger partial charge is 0.494 e. The molecule has 1 aromatic carbocycles. The molecule has 158 valence electrons. The van der Waals surface area contributed by atoms with Crippen molar-refractivity contribution in [2.45, 2.75) is 44.8 Å². The molecule has 1 aliphatic heterocycles. The van der Waals surface area contributed by atoms with Crippen molar-refractivity contribution >= 4 is 11.6 Å². The number of aliphatic hydroxyl groups excluding tert-OH is 1. The minimum absolute atomic E-state index is 0.0460. The zero-order chi connectivity index (χ0) is 21.4. The van der Waals surface area contributed by atoms with Gasteiger partial charge in [-0.2, -0.15) is 4.39 Å². The summed E-state index contributed by atoms with van der Waals surface area (Å²) in [6.07, 6.45) is 3.35. The maximum absolute atomic E-state index is 12.5. The van der Waals surface area contributed by atoms with Gasteiger partial charge in [-0.15, -0.1) is 0 Å². The van der Waals surface area contributed by atoms with Crippen molar-refractivity contribution in [1.82, 2.24) is 4.98 Å². The van der Waals surface area contributed by atoms with Gasteiger partial charge in [-0.1, -0.05) is 6.07 Å². The fourth-order valence-corrected chi connectivity index (χ4v) is 2.84. The number of carbonyl (C=O) groups excluding carboxylic acids is 1. The zero-order valence-electron chi connectivity index (χ0n) is 16.7. The summed E-state index contributed by atoms with van der Waals surface area (Å²) in [7, 11) is 1.29. The highest BCUT2D eigenvalue weighted by atomic mass is 19.2. The molecule has 0 saturated carbocycles. The Morgan fingerprint density at radius 3 is 2.72 bits per heavy atom. The van der Waals surface area contributed by atoms with Crippen LogP contribution >= 0.6 is 0 Å². The van der Waals surface area contributed by atoms with Crippen molar-refractivity contribution in [3.05, 3.63) is 53.9 Å². The highest BCUT2D eigenvalue weighted by Gasteiger charge is 2.35. The lowest BCUT2D eigenvalue weighted by Crippen LogP contribution is -2.30. The standard InChI is InChI=1S/C14H20N2O3.C7H6F2O/c1-14(2)6-3-12(19-14)13(18)16-11-4-7-15-10(9-11)5-8-17;1-10-6-4-2-3-5(8)7(6)9/h4,7,9,12,17H,3,5-6,8H2,1-2H3,(H,15,16,18);2-4H,1H3. The number of benzene rings is 1. The number of nitrogens with one attached hydrogen (secondary N) is 1. The van der Waals surface area contributed by atoms with E-state index in [1.165, 1.54) is 19.2 Å². The van der Waals surface area contributed by atoms with Gasteiger partial charge in [0.25, 0.3) is 5.91 Å². The van der Waals surface area contributed by atoms with Crippen molar-refractivity contribution in [2.75, 3.05) is 19.0 Å². The highest BCUT2D eigenvalue weighted by molar-refractivity contribution is 5.94. The van der Waals surface area contributed by atoms with Crippen LogP contribution in [-0.2, 0) is 16.0 Å². The second kappa shape index (κ2) is 10.3. The van der Waals surface area contributed by atoms with Crippen LogP contribution in [0.5, 0.6) is 5.75 Å². The van der Waals surface area contributed by atoms with E-state index >= 15 is 0 Å². The van der Waals surface area contributed by atoms with Gasteiger partial charge in [0.05, 0.1) is 12.7 Å². The number of carbonyl (C=O) groups is 1. The SMILES string of the molecule is CC1(C)CCC(C(=O)Nc2ccnc(CCO)c2)O1.COc1cccc(F)c1F. The molecule has 0 aliphatic carbocycles. The van der Waals surface area contributed by atoms with E-state index in [0.29, 0.717) is 12.1 Å². The third-order valence-corrected chi connectivity index (χ3v) is 4.35. The first-order valence-corrected chi connectivity index (χ1v) is 9.28. The first-order valence-electron chi connectivity index (χ1n) is 9.28. The molecule has 0 radical (unpaired) electrons. The Morgan fingerprint density at radius 1 is 1.38 bits per heavy atom. The summed E-state index contributed by atoms with van der Waals surface area (Å²) in [6, 6.07) is 7.29. The van der Waals surface area contributed by atoms with Crippen LogP contribution in [0.3, 0.4) is 0 Å². The fourth-order valence-electron chi connectivity index (χ4n) is 2.84. The van der Waals surface area contributed by atoms with Crippen LogP contribution in [0.2, 0.25) is 0 Å². The molecule has 6 nitrogen and oxygen atoms in total. The summed E-state index contributed by atoms with van der Waals surface area (Å²) < 4.78 is 35.0. The van der Waals surface area contributed by atoms with Crippen LogP contribution in [0.15, 0.2) is 36.5 Å². The lowest BCUT2D eigenvalue weighted by atomic mass is 10.1. The normalized spacial score (nSPS) is 17.2. The smallest absolute Gasteiger partial charge is 0.253 e. The maximum Gasteiger partial charge on any atom is 0.253 e. The van der Waals surface area contributed by atoms with Gasteiger partial charge in [0.15, 0.2) is 11.6 Å². The Morgan fingerprint density at radius 2 is 2.14 bits per heavy atom. The number of amides is 1. The summed E-state index contributed by atoms with van der Waals surface area (Å²) >= 11 is 0. The van der Waals surface area contributed by atoms with Gasteiger partial charge >= 0.3 is 0 Å². The van der Waals surface area contributed by atoms with Gasteiger partial charge in [0.1, 0.15) is 6.10 Å². The van der Waals surface area contributed by atoms with E-state index in [1.54, 1.807) is 18.3 Å². The van der Waals surface area contributed by atoms with E-state index in [0.717, 1.165) is 24.6 Å². The van der Waals surface area contributed by atoms with Crippen molar-refractivity contribution < 1.29 is 28.2 Å². The van der Waals surface area contributed by atoms with E-state index in [2.05, 4.69) is 15.0 Å². The Balaban J connectivity index is 0.000000253. The molecule has 1 saturated heterocycles. The maximum atomic E-state index is 12.5. The lowest BCUT2D eigenvalue weighted by Gasteiger charge is -2.18. The molecule has 1 fully saturated rings. The average molecular weight is 408 g/mol. The molecule has 2 heterocycles. The molecule has 1 unspecified atom stereocenters. The van der Waals surface area contributed by atoms with Gasteiger partial charge in [0.2, 0.25) is 5.82 Å². The highest BCUT2D eigenvalue weighted by Crippen LogP contribution is 2.30. The van der Waals surface area contributed by atoms with E-state index in [4.69, 9.17) is 9.84 Å². The summed E-state index contributed by atoms with van der Waals surface area (Å²) in [4.78, 5) is 16.2. The van der Waals surface area contributed by atoms with E-state index in [9.17, 15) is 13.6 Å². The number of hydrogen-bond acceptors (Lipinski definition) is 5. The number of pyridine rings is 1. The van der Waals surface area contributed by atoms with E-state index in [-0.39, 0.29) is 30.0 Å². The number of anilines is 1. The lowest BCUT2D eigenvalue weighted by molar-refractivity contribution is -0.129. The molecule has 2 N–H and O–H groups in total. The number of nitrogens with zero attached hydrogens (tertiary/aromatic N) is 1. The molecular weight excluding hydrogens is 382 g/mol. The first kappa shape index (κ1) is 22.7. The second-order valence-corrected chi connectivity index (χ2v) is 7.16. The third-order valence-electron chi connectivity index (χ3n) is 4.35. The topological polar surface area (TPSA) is 80.7 Å². The Labute approximate surface area is 168 Å². The van der Waals surface area contributed by atoms with Crippen LogP contribution in [0.4, 0.5) is 14.5 Å². The fraction of sp³-hybridized carbons (Fsp3) is 0.429. The average Bonchev–Trinajstić information content (AvgIpc) is 3.05. The minimum Gasteiger partial charge on any atom is -0.494 e. The van der Waals surface area contributed by atoms with Crippen LogP contribution in [0, 0.1) is 11.6 Å². The Hall–Kier alpha value is -2.58.